The van der Waals surface area contributed by atoms with Gasteiger partial charge in [0.05, 0.1) is 36.5 Å². The summed E-state index contributed by atoms with van der Waals surface area (Å²) in [5.41, 5.74) is 2.04. The van der Waals surface area contributed by atoms with Crippen molar-refractivity contribution >= 4 is 16.8 Å². The Hall–Kier alpha value is -3.06. The second-order valence-corrected chi connectivity index (χ2v) is 6.83. The number of nitrogens with one attached hydrogen (secondary N) is 1. The van der Waals surface area contributed by atoms with Crippen LogP contribution in [0.3, 0.4) is 0 Å². The van der Waals surface area contributed by atoms with E-state index in [9.17, 15) is 9.59 Å². The summed E-state index contributed by atoms with van der Waals surface area (Å²) in [5.74, 6) is 0.0248. The normalized spacial score (nSPS) is 19.3. The quantitative estimate of drug-likeness (QED) is 0.754. The topological polar surface area (TPSA) is 86.1 Å². The molecule has 7 heteroatoms. The van der Waals surface area contributed by atoms with Crippen molar-refractivity contribution in [2.24, 2.45) is 13.0 Å². The Morgan fingerprint density at radius 2 is 2.07 bits per heavy atom. The highest BCUT2D eigenvalue weighted by Gasteiger charge is 2.30. The molecule has 0 spiro atoms. The Labute approximate surface area is 156 Å². The number of aryl methyl sites for hydroxylation is 1. The van der Waals surface area contributed by atoms with Gasteiger partial charge in [-0.15, -0.1) is 0 Å². The smallest absolute Gasteiger partial charge is 0.260 e. The third-order valence-corrected chi connectivity index (χ3v) is 4.94. The van der Waals surface area contributed by atoms with Crippen molar-refractivity contribution in [1.82, 2.24) is 19.9 Å². The molecule has 0 unspecified atom stereocenters. The minimum absolute atomic E-state index is 0.0574. The zero-order valence-corrected chi connectivity index (χ0v) is 15.0. The first-order chi connectivity index (χ1) is 13.1. The lowest BCUT2D eigenvalue weighted by molar-refractivity contribution is 0.0925. The molecule has 2 atom stereocenters. The lowest BCUT2D eigenvalue weighted by atomic mass is 9.95. The number of amides is 1. The third-order valence-electron chi connectivity index (χ3n) is 4.94. The minimum Gasteiger partial charge on any atom is -0.379 e. The van der Waals surface area contributed by atoms with Gasteiger partial charge in [-0.25, -0.2) is 4.98 Å². The Kier molecular flexibility index (Phi) is 4.68. The summed E-state index contributed by atoms with van der Waals surface area (Å²) in [7, 11) is 1.65. The fourth-order valence-corrected chi connectivity index (χ4v) is 3.38. The van der Waals surface area contributed by atoms with Crippen LogP contribution in [-0.2, 0) is 18.2 Å². The highest BCUT2D eigenvalue weighted by molar-refractivity contribution is 5.97. The second kappa shape index (κ2) is 7.28. The van der Waals surface area contributed by atoms with Crippen molar-refractivity contribution in [3.8, 4) is 0 Å². The molecule has 1 amide bonds. The molecule has 7 nitrogen and oxygen atoms in total. The molecule has 1 aliphatic heterocycles. The van der Waals surface area contributed by atoms with Gasteiger partial charge >= 0.3 is 0 Å². The lowest BCUT2D eigenvalue weighted by Gasteiger charge is -2.19. The molecule has 3 heterocycles. The van der Waals surface area contributed by atoms with Crippen LogP contribution >= 0.6 is 0 Å². The molecule has 0 saturated carbocycles. The van der Waals surface area contributed by atoms with Crippen LogP contribution in [-0.4, -0.2) is 39.7 Å². The van der Waals surface area contributed by atoms with E-state index in [1.807, 2.05) is 12.1 Å². The van der Waals surface area contributed by atoms with E-state index in [0.717, 1.165) is 6.42 Å². The van der Waals surface area contributed by atoms with Crippen LogP contribution in [0.1, 0.15) is 15.9 Å². The van der Waals surface area contributed by atoms with E-state index in [0.29, 0.717) is 29.7 Å². The SMILES string of the molecule is Cn1cnc2cc(C(=O)N[C@H]3COC[C@H]3Cc3ccncc3)ccc2c1=O. The molecule has 1 aromatic carbocycles. The fraction of sp³-hybridized carbons (Fsp3) is 0.300. The molecule has 2 aromatic heterocycles. The molecular formula is C20H20N4O3. The van der Waals surface area contributed by atoms with E-state index in [-0.39, 0.29) is 23.4 Å². The number of carbonyl (C=O) groups is 1. The van der Waals surface area contributed by atoms with Gasteiger partial charge in [0.1, 0.15) is 0 Å². The first kappa shape index (κ1) is 17.4. The van der Waals surface area contributed by atoms with Crippen molar-refractivity contribution in [2.75, 3.05) is 13.2 Å². The number of nitrogens with zero attached hydrogens (tertiary/aromatic N) is 3. The highest BCUT2D eigenvalue weighted by atomic mass is 16.5. The summed E-state index contributed by atoms with van der Waals surface area (Å²) in [4.78, 5) is 33.1. The first-order valence-corrected chi connectivity index (χ1v) is 8.85. The fourth-order valence-electron chi connectivity index (χ4n) is 3.38. The first-order valence-electron chi connectivity index (χ1n) is 8.85. The van der Waals surface area contributed by atoms with Crippen molar-refractivity contribution in [3.63, 3.8) is 0 Å². The maximum Gasteiger partial charge on any atom is 0.260 e. The zero-order chi connectivity index (χ0) is 18.8. The van der Waals surface area contributed by atoms with Gasteiger partial charge in [-0.2, -0.15) is 0 Å². The molecule has 3 aromatic rings. The van der Waals surface area contributed by atoms with Gasteiger partial charge in [0, 0.05) is 30.9 Å². The predicted molar refractivity (Wildman–Crippen MR) is 100 cm³/mol. The van der Waals surface area contributed by atoms with Crippen LogP contribution in [0.15, 0.2) is 53.8 Å². The number of fused-ring (bicyclic) bond motifs is 1. The Morgan fingerprint density at radius 1 is 1.26 bits per heavy atom. The number of pyridine rings is 1. The van der Waals surface area contributed by atoms with E-state index < -0.39 is 0 Å². The standard InChI is InChI=1S/C20H20N4O3/c1-24-12-22-17-9-14(2-3-16(17)20(24)26)19(25)23-18-11-27-10-15(18)8-13-4-6-21-7-5-13/h2-7,9,12,15,18H,8,10-11H2,1H3,(H,23,25)/t15-,18+/m1/s1. The van der Waals surface area contributed by atoms with Gasteiger partial charge in [-0.3, -0.25) is 14.6 Å². The van der Waals surface area contributed by atoms with Crippen LogP contribution in [0.2, 0.25) is 0 Å². The Balaban J connectivity index is 1.50. The van der Waals surface area contributed by atoms with Gasteiger partial charge in [-0.05, 0) is 42.3 Å². The highest BCUT2D eigenvalue weighted by Crippen LogP contribution is 2.20. The lowest BCUT2D eigenvalue weighted by Crippen LogP contribution is -2.40. The summed E-state index contributed by atoms with van der Waals surface area (Å²) >= 11 is 0. The van der Waals surface area contributed by atoms with Crippen LogP contribution < -0.4 is 10.9 Å². The van der Waals surface area contributed by atoms with Gasteiger partial charge in [0.2, 0.25) is 0 Å². The zero-order valence-electron chi connectivity index (χ0n) is 15.0. The maximum atomic E-state index is 12.7. The molecule has 1 aliphatic rings. The Morgan fingerprint density at radius 3 is 2.89 bits per heavy atom. The maximum absolute atomic E-state index is 12.7. The number of rotatable bonds is 4. The van der Waals surface area contributed by atoms with Crippen molar-refractivity contribution < 1.29 is 9.53 Å². The summed E-state index contributed by atoms with van der Waals surface area (Å²) in [5, 5.41) is 3.56. The number of hydrogen-bond donors (Lipinski definition) is 1. The summed E-state index contributed by atoms with van der Waals surface area (Å²) in [6, 6.07) is 8.87. The number of hydrogen-bond acceptors (Lipinski definition) is 5. The molecule has 4 rings (SSSR count). The van der Waals surface area contributed by atoms with Crippen LogP contribution in [0, 0.1) is 5.92 Å². The van der Waals surface area contributed by atoms with E-state index in [1.54, 1.807) is 37.6 Å². The third kappa shape index (κ3) is 3.59. The van der Waals surface area contributed by atoms with E-state index in [1.165, 1.54) is 16.5 Å². The van der Waals surface area contributed by atoms with Crippen molar-refractivity contribution in [3.05, 3.63) is 70.5 Å². The number of benzene rings is 1. The molecule has 27 heavy (non-hydrogen) atoms. The average molecular weight is 364 g/mol. The van der Waals surface area contributed by atoms with Gasteiger partial charge < -0.3 is 14.6 Å². The summed E-state index contributed by atoms with van der Waals surface area (Å²) in [6.07, 6.45) is 5.82. The molecule has 1 fully saturated rings. The monoisotopic (exact) mass is 364 g/mol. The number of aromatic nitrogens is 3. The van der Waals surface area contributed by atoms with E-state index in [4.69, 9.17) is 4.74 Å². The van der Waals surface area contributed by atoms with Crippen molar-refractivity contribution in [2.45, 2.75) is 12.5 Å². The van der Waals surface area contributed by atoms with Gasteiger partial charge in [0.15, 0.2) is 0 Å². The molecule has 1 saturated heterocycles. The second-order valence-electron chi connectivity index (χ2n) is 6.83. The summed E-state index contributed by atoms with van der Waals surface area (Å²) < 4.78 is 7.01. The number of carbonyl (C=O) groups excluding carboxylic acids is 1. The van der Waals surface area contributed by atoms with Crippen LogP contribution in [0.5, 0.6) is 0 Å². The Bertz CT molecular complexity index is 1030. The minimum atomic E-state index is -0.186. The molecule has 0 radical (unpaired) electrons. The summed E-state index contributed by atoms with van der Waals surface area (Å²) in [6.45, 7) is 1.11. The molecule has 0 aliphatic carbocycles. The molecular weight excluding hydrogens is 344 g/mol. The van der Waals surface area contributed by atoms with E-state index >= 15 is 0 Å². The number of ether oxygens (including phenoxy) is 1. The van der Waals surface area contributed by atoms with Gasteiger partial charge in [0.25, 0.3) is 11.5 Å². The van der Waals surface area contributed by atoms with Gasteiger partial charge in [-0.1, -0.05) is 0 Å². The van der Waals surface area contributed by atoms with E-state index in [2.05, 4.69) is 15.3 Å². The largest absolute Gasteiger partial charge is 0.379 e. The average Bonchev–Trinajstić information content (AvgIpc) is 3.12. The van der Waals surface area contributed by atoms with Crippen LogP contribution in [0.4, 0.5) is 0 Å². The molecule has 0 bridgehead atoms. The molecule has 138 valence electrons. The van der Waals surface area contributed by atoms with Crippen LogP contribution in [0.25, 0.3) is 10.9 Å². The van der Waals surface area contributed by atoms with Crippen molar-refractivity contribution in [1.29, 1.82) is 0 Å². The molecule has 1 N–H and O–H groups in total. The predicted octanol–water partition coefficient (Wildman–Crippen LogP) is 1.32.